The Bertz CT molecular complexity index is 1080. The van der Waals surface area contributed by atoms with Crippen LogP contribution in [0, 0.1) is 0 Å². The van der Waals surface area contributed by atoms with E-state index in [-0.39, 0.29) is 12.3 Å². The van der Waals surface area contributed by atoms with Crippen molar-refractivity contribution >= 4 is 17.0 Å². The minimum absolute atomic E-state index is 0.0208. The van der Waals surface area contributed by atoms with E-state index < -0.39 is 31.1 Å². The third kappa shape index (κ3) is 3.59. The zero-order valence-corrected chi connectivity index (χ0v) is 16.8. The summed E-state index contributed by atoms with van der Waals surface area (Å²) in [6, 6.07) is 3.10. The number of rotatable bonds is 7. The van der Waals surface area contributed by atoms with Gasteiger partial charge in [-0.15, -0.1) is 0 Å². The standard InChI is InChI=1S/C19H23N5O7/c1-29-11-4-3-10(26)9(16(11)30-2)5-20-17-13-18(22-7-21-17)24(8-23-13)19-15(28)14(27)12(6-25)31-19/h3-4,7-8,12,14-15,19,25-28H,5-6H2,1-2H3,(H,20,21,22)/t12-,14-,15-,19?/m1/s1. The van der Waals surface area contributed by atoms with E-state index >= 15 is 0 Å². The average molecular weight is 433 g/mol. The number of aliphatic hydroxyl groups is 3. The summed E-state index contributed by atoms with van der Waals surface area (Å²) in [5.74, 6) is 1.25. The molecule has 31 heavy (non-hydrogen) atoms. The number of phenols is 1. The summed E-state index contributed by atoms with van der Waals surface area (Å²) in [5.41, 5.74) is 1.22. The molecule has 1 aliphatic rings. The number of fused-ring (bicyclic) bond motifs is 1. The van der Waals surface area contributed by atoms with Crippen LogP contribution in [0.15, 0.2) is 24.8 Å². The van der Waals surface area contributed by atoms with Gasteiger partial charge in [0.2, 0.25) is 0 Å². The molecule has 0 saturated carbocycles. The lowest BCUT2D eigenvalue weighted by Crippen LogP contribution is -2.33. The van der Waals surface area contributed by atoms with E-state index in [0.29, 0.717) is 34.0 Å². The monoisotopic (exact) mass is 433 g/mol. The van der Waals surface area contributed by atoms with E-state index in [4.69, 9.17) is 14.2 Å². The SMILES string of the molecule is COc1ccc(O)c(CNc2ncnc3c2ncn3C2O[C@H](CO)[C@@H](O)[C@H]2O)c1OC. The van der Waals surface area contributed by atoms with E-state index in [9.17, 15) is 20.4 Å². The van der Waals surface area contributed by atoms with Crippen molar-refractivity contribution in [3.63, 3.8) is 0 Å². The van der Waals surface area contributed by atoms with Crippen molar-refractivity contribution in [1.29, 1.82) is 0 Å². The van der Waals surface area contributed by atoms with Crippen LogP contribution in [0.1, 0.15) is 11.8 Å². The summed E-state index contributed by atoms with van der Waals surface area (Å²) in [4.78, 5) is 12.7. The van der Waals surface area contributed by atoms with E-state index in [0.717, 1.165) is 0 Å². The highest BCUT2D eigenvalue weighted by Crippen LogP contribution is 2.37. The van der Waals surface area contributed by atoms with Crippen molar-refractivity contribution in [3.8, 4) is 17.2 Å². The molecule has 2 aromatic heterocycles. The smallest absolute Gasteiger partial charge is 0.169 e. The molecule has 0 bridgehead atoms. The molecule has 166 valence electrons. The lowest BCUT2D eigenvalue weighted by atomic mass is 10.1. The van der Waals surface area contributed by atoms with Crippen molar-refractivity contribution in [2.75, 3.05) is 26.1 Å². The van der Waals surface area contributed by atoms with Crippen LogP contribution in [0.4, 0.5) is 5.82 Å². The highest BCUT2D eigenvalue weighted by Gasteiger charge is 2.44. The maximum Gasteiger partial charge on any atom is 0.169 e. The Morgan fingerprint density at radius 3 is 2.61 bits per heavy atom. The van der Waals surface area contributed by atoms with Gasteiger partial charge >= 0.3 is 0 Å². The van der Waals surface area contributed by atoms with Gasteiger partial charge in [0, 0.05) is 6.54 Å². The Labute approximate surface area is 176 Å². The van der Waals surface area contributed by atoms with Crippen molar-refractivity contribution in [2.45, 2.75) is 31.1 Å². The number of aromatic hydroxyl groups is 1. The number of hydrogen-bond acceptors (Lipinski definition) is 11. The minimum atomic E-state index is -1.26. The highest BCUT2D eigenvalue weighted by molar-refractivity contribution is 5.82. The van der Waals surface area contributed by atoms with Gasteiger partial charge in [-0.25, -0.2) is 15.0 Å². The second-order valence-corrected chi connectivity index (χ2v) is 6.93. The third-order valence-corrected chi connectivity index (χ3v) is 5.21. The number of ether oxygens (including phenoxy) is 3. The summed E-state index contributed by atoms with van der Waals surface area (Å²) in [6.45, 7) is -0.284. The Balaban J connectivity index is 1.63. The fraction of sp³-hybridized carbons (Fsp3) is 0.421. The third-order valence-electron chi connectivity index (χ3n) is 5.21. The van der Waals surface area contributed by atoms with E-state index in [2.05, 4.69) is 20.3 Å². The summed E-state index contributed by atoms with van der Waals surface area (Å²) < 4.78 is 17.7. The van der Waals surface area contributed by atoms with Gasteiger partial charge in [-0.2, -0.15) is 0 Å². The van der Waals surface area contributed by atoms with Gasteiger partial charge in [-0.05, 0) is 12.1 Å². The number of methoxy groups -OCH3 is 2. The number of nitrogens with zero attached hydrogens (tertiary/aromatic N) is 4. The molecule has 1 aliphatic heterocycles. The molecular formula is C19H23N5O7. The van der Waals surface area contributed by atoms with Crippen LogP contribution >= 0.6 is 0 Å². The molecule has 3 heterocycles. The molecular weight excluding hydrogens is 410 g/mol. The average Bonchev–Trinajstić information content (AvgIpc) is 3.33. The second kappa shape index (κ2) is 8.51. The van der Waals surface area contributed by atoms with Crippen LogP contribution in [0.25, 0.3) is 11.2 Å². The predicted molar refractivity (Wildman–Crippen MR) is 107 cm³/mol. The predicted octanol–water partition coefficient (Wildman–Crippen LogP) is -0.227. The van der Waals surface area contributed by atoms with Crippen LogP contribution in [-0.2, 0) is 11.3 Å². The molecule has 0 aliphatic carbocycles. The van der Waals surface area contributed by atoms with Crippen molar-refractivity contribution in [3.05, 3.63) is 30.4 Å². The van der Waals surface area contributed by atoms with Crippen LogP contribution in [0.2, 0.25) is 0 Å². The lowest BCUT2D eigenvalue weighted by molar-refractivity contribution is -0.0511. The molecule has 3 aromatic rings. The molecule has 0 radical (unpaired) electrons. The van der Waals surface area contributed by atoms with Crippen LogP contribution < -0.4 is 14.8 Å². The fourth-order valence-corrected chi connectivity index (χ4v) is 3.60. The number of aromatic nitrogens is 4. The Kier molecular flexibility index (Phi) is 5.78. The zero-order valence-electron chi connectivity index (χ0n) is 16.8. The van der Waals surface area contributed by atoms with Crippen LogP contribution in [0.3, 0.4) is 0 Å². The van der Waals surface area contributed by atoms with Crippen LogP contribution in [-0.4, -0.2) is 79.1 Å². The largest absolute Gasteiger partial charge is 0.507 e. The summed E-state index contributed by atoms with van der Waals surface area (Å²) in [5, 5.41) is 43.0. The molecule has 4 atom stereocenters. The molecule has 0 amide bonds. The molecule has 4 rings (SSSR count). The number of hydrogen-bond donors (Lipinski definition) is 5. The molecule has 1 aromatic carbocycles. The topological polar surface area (TPSA) is 164 Å². The van der Waals surface area contributed by atoms with Gasteiger partial charge < -0.3 is 40.0 Å². The first kappa shape index (κ1) is 21.1. The van der Waals surface area contributed by atoms with Gasteiger partial charge in [0.15, 0.2) is 34.7 Å². The molecule has 1 saturated heterocycles. The van der Waals surface area contributed by atoms with E-state index in [1.54, 1.807) is 6.07 Å². The first-order valence-electron chi connectivity index (χ1n) is 9.46. The van der Waals surface area contributed by atoms with Gasteiger partial charge in [-0.1, -0.05) is 0 Å². The Morgan fingerprint density at radius 1 is 1.13 bits per heavy atom. The van der Waals surface area contributed by atoms with Gasteiger partial charge in [-0.3, -0.25) is 4.57 Å². The summed E-state index contributed by atoms with van der Waals surface area (Å²) in [6.07, 6.45) is -1.67. The van der Waals surface area contributed by atoms with E-state index in [1.807, 2.05) is 0 Å². The molecule has 12 heteroatoms. The number of benzene rings is 1. The first-order valence-corrected chi connectivity index (χ1v) is 9.46. The number of phenolic OH excluding ortho intramolecular Hbond substituents is 1. The van der Waals surface area contributed by atoms with E-state index in [1.165, 1.54) is 37.5 Å². The summed E-state index contributed by atoms with van der Waals surface area (Å²) in [7, 11) is 2.98. The number of aliphatic hydroxyl groups excluding tert-OH is 3. The zero-order chi connectivity index (χ0) is 22.1. The molecule has 1 fully saturated rings. The molecule has 1 unspecified atom stereocenters. The normalized spacial score (nSPS) is 23.3. The lowest BCUT2D eigenvalue weighted by Gasteiger charge is -2.17. The number of nitrogens with one attached hydrogen (secondary N) is 1. The highest BCUT2D eigenvalue weighted by atomic mass is 16.6. The maximum atomic E-state index is 10.3. The van der Waals surface area contributed by atoms with Gasteiger partial charge in [0.1, 0.15) is 30.4 Å². The van der Waals surface area contributed by atoms with Crippen molar-refractivity contribution in [1.82, 2.24) is 19.5 Å². The molecule has 5 N–H and O–H groups in total. The molecule has 12 nitrogen and oxygen atoms in total. The van der Waals surface area contributed by atoms with Gasteiger partial charge in [0.25, 0.3) is 0 Å². The molecule has 0 spiro atoms. The first-order chi connectivity index (χ1) is 15.0. The van der Waals surface area contributed by atoms with Crippen LogP contribution in [0.5, 0.6) is 17.2 Å². The number of anilines is 1. The Morgan fingerprint density at radius 2 is 1.94 bits per heavy atom. The number of imidazole rings is 1. The minimum Gasteiger partial charge on any atom is -0.507 e. The maximum absolute atomic E-state index is 10.3. The van der Waals surface area contributed by atoms with Crippen molar-refractivity contribution < 1.29 is 34.6 Å². The van der Waals surface area contributed by atoms with Crippen molar-refractivity contribution in [2.24, 2.45) is 0 Å². The Hall–Kier alpha value is -3.19. The second-order valence-electron chi connectivity index (χ2n) is 6.93. The quantitative estimate of drug-likeness (QED) is 0.334. The fourth-order valence-electron chi connectivity index (χ4n) is 3.60. The summed E-state index contributed by atoms with van der Waals surface area (Å²) >= 11 is 0. The van der Waals surface area contributed by atoms with Gasteiger partial charge in [0.05, 0.1) is 32.7 Å².